The van der Waals surface area contributed by atoms with Crippen LogP contribution < -0.4 is 10.6 Å². The maximum absolute atomic E-state index is 11.7. The Morgan fingerprint density at radius 2 is 2.10 bits per heavy atom. The normalized spacial score (nSPS) is 15.4. The molecule has 1 saturated carbocycles. The standard InChI is InChI=1S/C15H19ClN2O3/c1-9-2-5-11(8-12(9)16)18-15(21)14(20)17-7-6-13(19)10-3-4-10/h2,5,8,10,13,19H,3-4,6-7H2,1H3,(H,17,20)(H,18,21)/t13-/m0/s1. The maximum Gasteiger partial charge on any atom is 0.313 e. The molecule has 0 saturated heterocycles. The van der Waals surface area contributed by atoms with Crippen LogP contribution in [0.25, 0.3) is 0 Å². The molecule has 0 aromatic heterocycles. The molecule has 0 unspecified atom stereocenters. The zero-order chi connectivity index (χ0) is 15.4. The second kappa shape index (κ2) is 6.91. The fourth-order valence-electron chi connectivity index (χ4n) is 1.99. The summed E-state index contributed by atoms with van der Waals surface area (Å²) < 4.78 is 0. The van der Waals surface area contributed by atoms with Gasteiger partial charge in [-0.3, -0.25) is 9.59 Å². The summed E-state index contributed by atoms with van der Waals surface area (Å²) in [5, 5.41) is 15.2. The molecule has 114 valence electrons. The molecule has 6 heteroatoms. The van der Waals surface area contributed by atoms with E-state index < -0.39 is 11.8 Å². The summed E-state index contributed by atoms with van der Waals surface area (Å²) in [6, 6.07) is 5.05. The Morgan fingerprint density at radius 1 is 1.38 bits per heavy atom. The molecule has 2 rings (SSSR count). The average Bonchev–Trinajstić information content (AvgIpc) is 3.27. The van der Waals surface area contributed by atoms with E-state index in [1.165, 1.54) is 0 Å². The van der Waals surface area contributed by atoms with E-state index in [1.807, 2.05) is 6.92 Å². The first-order valence-corrected chi connectivity index (χ1v) is 7.38. The number of nitrogens with one attached hydrogen (secondary N) is 2. The van der Waals surface area contributed by atoms with Gasteiger partial charge in [-0.1, -0.05) is 17.7 Å². The van der Waals surface area contributed by atoms with E-state index in [9.17, 15) is 14.7 Å². The third-order valence-electron chi connectivity index (χ3n) is 3.53. The Labute approximate surface area is 128 Å². The lowest BCUT2D eigenvalue weighted by atomic mass is 10.1. The number of carbonyl (C=O) groups excluding carboxylic acids is 2. The van der Waals surface area contributed by atoms with Gasteiger partial charge in [0.15, 0.2) is 0 Å². The van der Waals surface area contributed by atoms with Gasteiger partial charge in [-0.25, -0.2) is 0 Å². The van der Waals surface area contributed by atoms with E-state index in [-0.39, 0.29) is 6.10 Å². The molecule has 1 aromatic rings. The van der Waals surface area contributed by atoms with Gasteiger partial charge in [-0.15, -0.1) is 0 Å². The topological polar surface area (TPSA) is 78.4 Å². The minimum absolute atomic E-state index is 0.290. The lowest BCUT2D eigenvalue weighted by molar-refractivity contribution is -0.136. The highest BCUT2D eigenvalue weighted by Crippen LogP contribution is 2.33. The Bertz CT molecular complexity index is 544. The number of halogens is 1. The van der Waals surface area contributed by atoms with E-state index in [2.05, 4.69) is 10.6 Å². The molecule has 0 heterocycles. The molecule has 0 aliphatic heterocycles. The van der Waals surface area contributed by atoms with E-state index in [4.69, 9.17) is 11.6 Å². The summed E-state index contributed by atoms with van der Waals surface area (Å²) >= 11 is 5.95. The molecule has 0 spiro atoms. The number of carbonyl (C=O) groups is 2. The molecule has 21 heavy (non-hydrogen) atoms. The molecule has 1 aromatic carbocycles. The van der Waals surface area contributed by atoms with Crippen LogP contribution in [0, 0.1) is 12.8 Å². The van der Waals surface area contributed by atoms with Crippen molar-refractivity contribution >= 4 is 29.1 Å². The monoisotopic (exact) mass is 310 g/mol. The zero-order valence-corrected chi connectivity index (χ0v) is 12.6. The van der Waals surface area contributed by atoms with E-state index in [1.54, 1.807) is 18.2 Å². The van der Waals surface area contributed by atoms with Crippen molar-refractivity contribution in [2.75, 3.05) is 11.9 Å². The van der Waals surface area contributed by atoms with Crippen molar-refractivity contribution in [1.82, 2.24) is 5.32 Å². The summed E-state index contributed by atoms with van der Waals surface area (Å²) in [5.74, 6) is -1.09. The second-order valence-electron chi connectivity index (χ2n) is 5.37. The van der Waals surface area contributed by atoms with Crippen LogP contribution in [0.2, 0.25) is 5.02 Å². The van der Waals surface area contributed by atoms with Crippen LogP contribution in [-0.2, 0) is 9.59 Å². The Hall–Kier alpha value is -1.59. The second-order valence-corrected chi connectivity index (χ2v) is 5.77. The number of aliphatic hydroxyl groups is 1. The first-order valence-electron chi connectivity index (χ1n) is 7.01. The molecule has 2 amide bonds. The summed E-state index contributed by atoms with van der Waals surface area (Å²) in [6.45, 7) is 2.14. The number of aliphatic hydroxyl groups excluding tert-OH is 1. The van der Waals surface area contributed by atoms with E-state index >= 15 is 0 Å². The highest BCUT2D eigenvalue weighted by atomic mass is 35.5. The first-order chi connectivity index (χ1) is 9.97. The van der Waals surface area contributed by atoms with Crippen LogP contribution in [0.5, 0.6) is 0 Å². The van der Waals surface area contributed by atoms with Gasteiger partial charge in [0.25, 0.3) is 0 Å². The minimum Gasteiger partial charge on any atom is -0.393 e. The summed E-state index contributed by atoms with van der Waals surface area (Å²) in [6.07, 6.45) is 2.18. The van der Waals surface area contributed by atoms with E-state index in [0.29, 0.717) is 29.6 Å². The molecule has 0 bridgehead atoms. The number of hydrogen-bond acceptors (Lipinski definition) is 3. The van der Waals surface area contributed by atoms with Gasteiger partial charge >= 0.3 is 11.8 Å². The Kier molecular flexibility index (Phi) is 5.20. The lowest BCUT2D eigenvalue weighted by Gasteiger charge is -2.10. The van der Waals surface area contributed by atoms with E-state index in [0.717, 1.165) is 18.4 Å². The molecule has 1 fully saturated rings. The number of amides is 2. The van der Waals surface area contributed by atoms with Crippen LogP contribution in [0.3, 0.4) is 0 Å². The highest BCUT2D eigenvalue weighted by Gasteiger charge is 2.29. The molecule has 0 radical (unpaired) electrons. The Balaban J connectivity index is 1.76. The van der Waals surface area contributed by atoms with Crippen LogP contribution in [0.1, 0.15) is 24.8 Å². The van der Waals surface area contributed by atoms with Crippen LogP contribution in [0.15, 0.2) is 18.2 Å². The Morgan fingerprint density at radius 3 is 2.71 bits per heavy atom. The molecule has 1 aliphatic rings. The van der Waals surface area contributed by atoms with Gasteiger partial charge in [0.1, 0.15) is 0 Å². The number of rotatable bonds is 5. The van der Waals surface area contributed by atoms with Crippen LogP contribution in [-0.4, -0.2) is 29.6 Å². The molecular weight excluding hydrogens is 292 g/mol. The van der Waals surface area contributed by atoms with Gasteiger partial charge in [0.2, 0.25) is 0 Å². The fourth-order valence-corrected chi connectivity index (χ4v) is 2.17. The maximum atomic E-state index is 11.7. The third-order valence-corrected chi connectivity index (χ3v) is 3.93. The predicted octanol–water partition coefficient (Wildman–Crippen LogP) is 1.86. The van der Waals surface area contributed by atoms with Gasteiger partial charge in [-0.05, 0) is 49.8 Å². The average molecular weight is 311 g/mol. The molecular formula is C15H19ClN2O3. The molecule has 3 N–H and O–H groups in total. The molecule has 5 nitrogen and oxygen atoms in total. The SMILES string of the molecule is Cc1ccc(NC(=O)C(=O)NCC[C@H](O)C2CC2)cc1Cl. The lowest BCUT2D eigenvalue weighted by Crippen LogP contribution is -2.37. The zero-order valence-electron chi connectivity index (χ0n) is 11.9. The number of anilines is 1. The molecule has 1 aliphatic carbocycles. The van der Waals surface area contributed by atoms with Crippen LogP contribution in [0.4, 0.5) is 5.69 Å². The minimum atomic E-state index is -0.740. The van der Waals surface area contributed by atoms with Crippen molar-refractivity contribution in [3.05, 3.63) is 28.8 Å². The van der Waals surface area contributed by atoms with Crippen molar-refractivity contribution in [3.63, 3.8) is 0 Å². The number of hydrogen-bond donors (Lipinski definition) is 3. The van der Waals surface area contributed by atoms with Crippen molar-refractivity contribution in [1.29, 1.82) is 0 Å². The van der Waals surface area contributed by atoms with Crippen molar-refractivity contribution in [2.45, 2.75) is 32.3 Å². The predicted molar refractivity (Wildman–Crippen MR) is 81.2 cm³/mol. The summed E-state index contributed by atoms with van der Waals surface area (Å²) in [4.78, 5) is 23.3. The van der Waals surface area contributed by atoms with Gasteiger partial charge in [0, 0.05) is 17.3 Å². The van der Waals surface area contributed by atoms with Gasteiger partial charge in [-0.2, -0.15) is 0 Å². The highest BCUT2D eigenvalue weighted by molar-refractivity contribution is 6.39. The van der Waals surface area contributed by atoms with Crippen molar-refractivity contribution in [2.24, 2.45) is 5.92 Å². The van der Waals surface area contributed by atoms with Crippen molar-refractivity contribution in [3.8, 4) is 0 Å². The smallest absolute Gasteiger partial charge is 0.313 e. The summed E-state index contributed by atoms with van der Waals surface area (Å²) in [7, 11) is 0. The largest absolute Gasteiger partial charge is 0.393 e. The molecule has 1 atom stereocenters. The first kappa shape index (κ1) is 15.8. The van der Waals surface area contributed by atoms with Crippen molar-refractivity contribution < 1.29 is 14.7 Å². The van der Waals surface area contributed by atoms with Crippen LogP contribution >= 0.6 is 11.6 Å². The van der Waals surface area contributed by atoms with Gasteiger partial charge in [0.05, 0.1) is 6.10 Å². The number of benzene rings is 1. The number of aryl methyl sites for hydroxylation is 1. The van der Waals surface area contributed by atoms with Gasteiger partial charge < -0.3 is 15.7 Å². The fraction of sp³-hybridized carbons (Fsp3) is 0.467. The quantitative estimate of drug-likeness (QED) is 0.726. The summed E-state index contributed by atoms with van der Waals surface area (Å²) in [5.41, 5.74) is 1.37. The third kappa shape index (κ3) is 4.72.